The van der Waals surface area contributed by atoms with Crippen molar-refractivity contribution in [1.29, 1.82) is 0 Å². The summed E-state index contributed by atoms with van der Waals surface area (Å²) in [5.41, 5.74) is -0.522. The van der Waals surface area contributed by atoms with Crippen LogP contribution in [-0.2, 0) is 30.7 Å². The molecule has 30 heavy (non-hydrogen) atoms. The summed E-state index contributed by atoms with van der Waals surface area (Å²) < 4.78 is 44.0. The van der Waals surface area contributed by atoms with Crippen molar-refractivity contribution >= 4 is 48.9 Å². The highest BCUT2D eigenvalue weighted by molar-refractivity contribution is 7.00. The molecule has 1 aromatic rings. The number of methoxy groups -OCH3 is 3. The number of rotatable bonds is 8. The van der Waals surface area contributed by atoms with Gasteiger partial charge in [-0.3, -0.25) is 0 Å². The lowest BCUT2D eigenvalue weighted by Crippen LogP contribution is -2.71. The molecular weight excluding hydrogens is 469 g/mol. The molecule has 0 N–H and O–H groups in total. The van der Waals surface area contributed by atoms with E-state index in [1.54, 1.807) is 21.3 Å². The Balaban J connectivity index is 2.54. The van der Waals surface area contributed by atoms with Gasteiger partial charge in [0.25, 0.3) is 5.60 Å². The predicted octanol–water partition coefficient (Wildman–Crippen LogP) is 3.12. The molecule has 170 valence electrons. The van der Waals surface area contributed by atoms with Crippen molar-refractivity contribution in [3.8, 4) is 0 Å². The lowest BCUT2D eigenvalue weighted by Gasteiger charge is -2.49. The van der Waals surface area contributed by atoms with Crippen LogP contribution >= 0.6 is 0 Å². The van der Waals surface area contributed by atoms with Crippen molar-refractivity contribution in [3.63, 3.8) is 0 Å². The summed E-state index contributed by atoms with van der Waals surface area (Å²) in [6, 6.07) is 11.1. The summed E-state index contributed by atoms with van der Waals surface area (Å²) in [6.45, 7) is 12.6. The minimum absolute atomic E-state index is 0.144. The Morgan fingerprint density at radius 3 is 1.67 bits per heavy atom. The molecule has 1 heterocycles. The highest BCUT2D eigenvalue weighted by Gasteiger charge is 2.57. The molecule has 0 aliphatic carbocycles. The van der Waals surface area contributed by atoms with E-state index in [-0.39, 0.29) is 9.52 Å². The van der Waals surface area contributed by atoms with Crippen LogP contribution in [0.4, 0.5) is 0 Å². The van der Waals surface area contributed by atoms with Gasteiger partial charge in [0.2, 0.25) is 0 Å². The zero-order valence-corrected chi connectivity index (χ0v) is 24.7. The van der Waals surface area contributed by atoms with Gasteiger partial charge in [0.15, 0.2) is 9.52 Å². The van der Waals surface area contributed by atoms with Crippen LogP contribution in [0.3, 0.4) is 0 Å². The smallest absolute Gasteiger partial charge is 0.352 e. The van der Waals surface area contributed by atoms with Gasteiger partial charge in [-0.2, -0.15) is 0 Å². The van der Waals surface area contributed by atoms with Gasteiger partial charge in [-0.05, 0) is 49.6 Å². The average Bonchev–Trinajstić information content (AvgIpc) is 2.67. The van der Waals surface area contributed by atoms with E-state index in [2.05, 4.69) is 51.8 Å². The summed E-state index contributed by atoms with van der Waals surface area (Å²) >= 11 is 0. The first kappa shape index (κ1) is 26.3. The molecule has 1 aliphatic heterocycles. The van der Waals surface area contributed by atoms with Crippen LogP contribution in [0.25, 0.3) is 0 Å². The molecule has 0 unspecified atom stereocenters. The first-order valence-corrected chi connectivity index (χ1v) is 21.5. The summed E-state index contributed by atoms with van der Waals surface area (Å²) in [7, 11) is -5.59. The molecule has 1 aliphatic rings. The van der Waals surface area contributed by atoms with Crippen LogP contribution in [0.5, 0.6) is 0 Å². The third-order valence-corrected chi connectivity index (χ3v) is 25.0. The van der Waals surface area contributed by atoms with Gasteiger partial charge in [0.1, 0.15) is 0 Å². The normalized spacial score (nSPS) is 29.2. The minimum atomic E-state index is -2.98. The second-order valence-electron chi connectivity index (χ2n) is 8.34. The van der Waals surface area contributed by atoms with Crippen molar-refractivity contribution in [1.82, 2.24) is 0 Å². The summed E-state index contributed by atoms with van der Waals surface area (Å²) in [5, 5.41) is 1.06. The van der Waals surface area contributed by atoms with Crippen molar-refractivity contribution < 1.29 is 30.7 Å². The third kappa shape index (κ3) is 6.29. The van der Waals surface area contributed by atoms with Crippen LogP contribution < -0.4 is 5.19 Å². The van der Waals surface area contributed by atoms with Crippen molar-refractivity contribution in [2.24, 2.45) is 0 Å². The van der Waals surface area contributed by atoms with Crippen LogP contribution in [-0.4, -0.2) is 70.7 Å². The molecule has 0 aromatic heterocycles. The molecule has 0 atom stereocenters. The van der Waals surface area contributed by atoms with E-state index in [1.165, 1.54) is 0 Å². The van der Waals surface area contributed by atoms with Gasteiger partial charge >= 0.3 is 34.2 Å². The van der Waals surface area contributed by atoms with Gasteiger partial charge in [-0.1, -0.05) is 37.3 Å². The van der Waals surface area contributed by atoms with Gasteiger partial charge < -0.3 is 30.7 Å². The molecule has 0 bridgehead atoms. The highest BCUT2D eigenvalue weighted by Crippen LogP contribution is 2.34. The monoisotopic (exact) mass is 504 g/mol. The maximum atomic E-state index is 6.98. The van der Waals surface area contributed by atoms with E-state index in [0.717, 1.165) is 11.2 Å². The Labute approximate surface area is 188 Å². The Bertz CT molecular complexity index is 656. The molecular formula is C18H36O7Si5. The van der Waals surface area contributed by atoms with Crippen LogP contribution in [0.15, 0.2) is 30.3 Å². The average molecular weight is 505 g/mol. The Morgan fingerprint density at radius 2 is 1.27 bits per heavy atom. The maximum absolute atomic E-state index is 6.98. The van der Waals surface area contributed by atoms with Crippen molar-refractivity contribution in [2.75, 3.05) is 21.3 Å². The second kappa shape index (κ2) is 9.88. The fraction of sp³-hybridized carbons (Fsp3) is 0.667. The van der Waals surface area contributed by atoms with E-state index in [0.29, 0.717) is 5.67 Å². The third-order valence-electron chi connectivity index (χ3n) is 4.94. The van der Waals surface area contributed by atoms with Crippen LogP contribution in [0.1, 0.15) is 6.92 Å². The first-order chi connectivity index (χ1) is 13.9. The molecule has 1 aromatic carbocycles. The van der Waals surface area contributed by atoms with E-state index >= 15 is 0 Å². The highest BCUT2D eigenvalue weighted by atomic mass is 28.5. The molecule has 7 nitrogen and oxygen atoms in total. The van der Waals surface area contributed by atoms with Gasteiger partial charge in [-0.15, -0.1) is 0 Å². The van der Waals surface area contributed by atoms with Crippen molar-refractivity contribution in [2.45, 2.75) is 57.0 Å². The molecule has 1 saturated heterocycles. The Kier molecular flexibility index (Phi) is 8.66. The zero-order valence-electron chi connectivity index (χ0n) is 19.7. The van der Waals surface area contributed by atoms with Gasteiger partial charge in [-0.25, -0.2) is 0 Å². The van der Waals surface area contributed by atoms with E-state index in [1.807, 2.05) is 18.2 Å². The van der Waals surface area contributed by atoms with Crippen LogP contribution in [0.2, 0.25) is 44.4 Å². The minimum Gasteiger partial charge on any atom is -0.416 e. The molecule has 1 fully saturated rings. The standard InChI is InChI=1S/C18H36O7Si5/c1-10-29(9)22-27(5,6)24-30(25-28(7,8)23-29,17-14-12-11-13-15-17)16-26-18(19-2,20-3)21-4/h11-15H,10,16H2,1-9H3. The molecule has 2 rings (SSSR count). The van der Waals surface area contributed by atoms with Crippen molar-refractivity contribution in [3.05, 3.63) is 30.3 Å². The van der Waals surface area contributed by atoms with Gasteiger partial charge in [0.05, 0.1) is 0 Å². The zero-order chi connectivity index (χ0) is 22.7. The second-order valence-corrected chi connectivity index (χ2v) is 24.6. The van der Waals surface area contributed by atoms with E-state index in [4.69, 9.17) is 30.7 Å². The summed E-state index contributed by atoms with van der Waals surface area (Å²) in [5.74, 6) is 0. The topological polar surface area (TPSA) is 64.6 Å². The Hall–Kier alpha value is 0.0244. The first-order valence-electron chi connectivity index (χ1n) is 10.1. The lowest BCUT2D eigenvalue weighted by molar-refractivity contribution is -0.294. The molecule has 0 amide bonds. The molecule has 2 radical (unpaired) electrons. The Morgan fingerprint density at radius 1 is 0.800 bits per heavy atom. The largest absolute Gasteiger partial charge is 0.416 e. The van der Waals surface area contributed by atoms with E-state index in [9.17, 15) is 0 Å². The maximum Gasteiger partial charge on any atom is 0.352 e. The summed E-state index contributed by atoms with van der Waals surface area (Å²) in [4.78, 5) is 0. The quantitative estimate of drug-likeness (QED) is 0.398. The fourth-order valence-corrected chi connectivity index (χ4v) is 28.3. The lowest BCUT2D eigenvalue weighted by atomic mass is 10.4. The predicted molar refractivity (Wildman–Crippen MR) is 128 cm³/mol. The number of hydrogen-bond donors (Lipinski definition) is 0. The number of ether oxygens (including phenoxy) is 3. The fourth-order valence-electron chi connectivity index (χ4n) is 3.74. The summed E-state index contributed by atoms with van der Waals surface area (Å²) in [6.07, 6.45) is 0. The molecule has 12 heteroatoms. The molecule has 0 spiro atoms. The molecule has 0 saturated carbocycles. The van der Waals surface area contributed by atoms with Gasteiger partial charge in [0, 0.05) is 21.3 Å². The van der Waals surface area contributed by atoms with E-state index < -0.39 is 39.8 Å². The SMILES string of the molecule is CC[Si]1(C)O[Si](C)(C)O[Si](C[Si]C(OC)(OC)OC)(c2ccccc2)O[Si](C)(C)O1. The van der Waals surface area contributed by atoms with Crippen LogP contribution in [0, 0.1) is 0 Å². The number of benzene rings is 1. The number of hydrogen-bond acceptors (Lipinski definition) is 7.